The Morgan fingerprint density at radius 2 is 2.19 bits per heavy atom. The summed E-state index contributed by atoms with van der Waals surface area (Å²) in [6.07, 6.45) is 3.07. The van der Waals surface area contributed by atoms with Gasteiger partial charge < -0.3 is 11.1 Å². The van der Waals surface area contributed by atoms with Crippen LogP contribution in [0.25, 0.3) is 5.65 Å². The fraction of sp³-hybridized carbons (Fsp3) is 0.462. The number of likely N-dealkylation sites (tertiary alicyclic amines) is 1. The number of rotatable bonds is 4. The molecule has 7 nitrogen and oxygen atoms in total. The molecule has 0 aromatic carbocycles. The summed E-state index contributed by atoms with van der Waals surface area (Å²) in [5, 5.41) is 7.46. The Morgan fingerprint density at radius 3 is 2.90 bits per heavy atom. The molecule has 0 bridgehead atoms. The molecular formula is C13H17FN6O. The van der Waals surface area contributed by atoms with Crippen molar-refractivity contribution in [1.82, 2.24) is 19.5 Å². The zero-order valence-corrected chi connectivity index (χ0v) is 11.5. The predicted molar refractivity (Wildman–Crippen MR) is 75.2 cm³/mol. The monoisotopic (exact) mass is 292 g/mol. The molecule has 2 aromatic heterocycles. The molecule has 0 atom stereocenters. The molecule has 1 amide bonds. The van der Waals surface area contributed by atoms with Crippen molar-refractivity contribution in [1.29, 1.82) is 0 Å². The van der Waals surface area contributed by atoms with Crippen LogP contribution in [0.4, 0.5) is 10.3 Å². The summed E-state index contributed by atoms with van der Waals surface area (Å²) < 4.78 is 14.5. The number of primary amides is 1. The van der Waals surface area contributed by atoms with Gasteiger partial charge in [0.05, 0.1) is 12.7 Å². The lowest BCUT2D eigenvalue weighted by Crippen LogP contribution is -2.43. The molecule has 0 spiro atoms. The Morgan fingerprint density at radius 1 is 1.43 bits per heavy atom. The number of hydrogen-bond donors (Lipinski definition) is 2. The molecule has 21 heavy (non-hydrogen) atoms. The highest BCUT2D eigenvalue weighted by Crippen LogP contribution is 2.15. The van der Waals surface area contributed by atoms with E-state index in [1.165, 1.54) is 16.8 Å². The molecule has 8 heteroatoms. The molecule has 3 N–H and O–H groups in total. The van der Waals surface area contributed by atoms with Crippen LogP contribution in [-0.4, -0.2) is 51.1 Å². The average molecular weight is 292 g/mol. The van der Waals surface area contributed by atoms with Gasteiger partial charge in [0.2, 0.25) is 11.9 Å². The van der Waals surface area contributed by atoms with Crippen LogP contribution in [0.3, 0.4) is 0 Å². The SMILES string of the molecule is NC(=O)CN1CCC(Nc2nc3ccc(F)cn3n2)CC1. The van der Waals surface area contributed by atoms with Gasteiger partial charge in [-0.05, 0) is 25.0 Å². The largest absolute Gasteiger partial charge is 0.369 e. The van der Waals surface area contributed by atoms with E-state index >= 15 is 0 Å². The predicted octanol–water partition coefficient (Wildman–Crippen LogP) is 0.230. The first-order chi connectivity index (χ1) is 10.1. The van der Waals surface area contributed by atoms with Crippen LogP contribution in [0.2, 0.25) is 0 Å². The highest BCUT2D eigenvalue weighted by molar-refractivity contribution is 5.75. The highest BCUT2D eigenvalue weighted by Gasteiger charge is 2.21. The first-order valence-electron chi connectivity index (χ1n) is 6.89. The molecule has 1 saturated heterocycles. The van der Waals surface area contributed by atoms with Crippen LogP contribution < -0.4 is 11.1 Å². The molecule has 2 aromatic rings. The van der Waals surface area contributed by atoms with Crippen LogP contribution in [-0.2, 0) is 4.79 Å². The third-order valence-electron chi connectivity index (χ3n) is 3.60. The maximum absolute atomic E-state index is 13.1. The standard InChI is InChI=1S/C13H17FN6O/c14-9-1-2-12-17-13(18-20(12)7-9)16-10-3-5-19(6-4-10)8-11(15)21/h1-2,7,10H,3-6,8H2,(H2,15,21)(H,16,18). The highest BCUT2D eigenvalue weighted by atomic mass is 19.1. The summed E-state index contributed by atoms with van der Waals surface area (Å²) in [6, 6.07) is 3.19. The zero-order valence-electron chi connectivity index (χ0n) is 11.5. The van der Waals surface area contributed by atoms with Gasteiger partial charge in [-0.15, -0.1) is 5.10 Å². The molecule has 0 saturated carbocycles. The summed E-state index contributed by atoms with van der Waals surface area (Å²) in [5.74, 6) is -0.155. The molecule has 0 radical (unpaired) electrons. The Labute approximate surface area is 120 Å². The number of carbonyl (C=O) groups excluding carboxylic acids is 1. The lowest BCUT2D eigenvalue weighted by atomic mass is 10.1. The van der Waals surface area contributed by atoms with Crippen molar-refractivity contribution in [3.05, 3.63) is 24.1 Å². The van der Waals surface area contributed by atoms with Gasteiger partial charge >= 0.3 is 0 Å². The van der Waals surface area contributed by atoms with Crippen molar-refractivity contribution in [2.45, 2.75) is 18.9 Å². The minimum Gasteiger partial charge on any atom is -0.369 e. The maximum Gasteiger partial charge on any atom is 0.243 e. The van der Waals surface area contributed by atoms with E-state index in [0.717, 1.165) is 25.9 Å². The van der Waals surface area contributed by atoms with E-state index in [1.807, 2.05) is 4.90 Å². The van der Waals surface area contributed by atoms with Gasteiger partial charge in [0, 0.05) is 19.1 Å². The van der Waals surface area contributed by atoms with Gasteiger partial charge in [0.25, 0.3) is 0 Å². The molecule has 3 rings (SSSR count). The number of pyridine rings is 1. The number of anilines is 1. The first-order valence-corrected chi connectivity index (χ1v) is 6.89. The van der Waals surface area contributed by atoms with Crippen molar-refractivity contribution < 1.29 is 9.18 Å². The molecule has 1 aliphatic heterocycles. The Bertz CT molecular complexity index is 649. The summed E-state index contributed by atoms with van der Waals surface area (Å²) in [4.78, 5) is 17.2. The van der Waals surface area contributed by atoms with Gasteiger partial charge in [-0.25, -0.2) is 8.91 Å². The van der Waals surface area contributed by atoms with Crippen LogP contribution in [0.5, 0.6) is 0 Å². The van der Waals surface area contributed by atoms with Gasteiger partial charge in [0.1, 0.15) is 5.82 Å². The molecule has 0 unspecified atom stereocenters. The van der Waals surface area contributed by atoms with E-state index in [4.69, 9.17) is 5.73 Å². The summed E-state index contributed by atoms with van der Waals surface area (Å²) >= 11 is 0. The second kappa shape index (κ2) is 5.65. The molecule has 1 aliphatic rings. The van der Waals surface area contributed by atoms with Crippen LogP contribution in [0.15, 0.2) is 18.3 Å². The van der Waals surface area contributed by atoms with Gasteiger partial charge in [0.15, 0.2) is 5.65 Å². The number of amides is 1. The summed E-state index contributed by atoms with van der Waals surface area (Å²) in [6.45, 7) is 1.92. The second-order valence-corrected chi connectivity index (χ2v) is 5.25. The minimum absolute atomic E-state index is 0.247. The van der Waals surface area contributed by atoms with Crippen molar-refractivity contribution in [3.8, 4) is 0 Å². The maximum atomic E-state index is 13.1. The van der Waals surface area contributed by atoms with E-state index in [-0.39, 0.29) is 17.8 Å². The average Bonchev–Trinajstić information content (AvgIpc) is 2.82. The molecule has 0 aliphatic carbocycles. The number of aromatic nitrogens is 3. The number of carbonyl (C=O) groups is 1. The van der Waals surface area contributed by atoms with Crippen molar-refractivity contribution in [3.63, 3.8) is 0 Å². The van der Waals surface area contributed by atoms with Crippen molar-refractivity contribution in [2.24, 2.45) is 5.73 Å². The lowest BCUT2D eigenvalue weighted by Gasteiger charge is -2.31. The summed E-state index contributed by atoms with van der Waals surface area (Å²) in [5.41, 5.74) is 5.79. The number of piperidine rings is 1. The number of hydrogen-bond acceptors (Lipinski definition) is 5. The van der Waals surface area contributed by atoms with E-state index in [1.54, 1.807) is 6.07 Å². The third-order valence-corrected chi connectivity index (χ3v) is 3.60. The number of nitrogens with one attached hydrogen (secondary N) is 1. The Hall–Kier alpha value is -2.22. The second-order valence-electron chi connectivity index (χ2n) is 5.25. The minimum atomic E-state index is -0.348. The van der Waals surface area contributed by atoms with E-state index in [0.29, 0.717) is 18.1 Å². The fourth-order valence-corrected chi connectivity index (χ4v) is 2.56. The number of fused-ring (bicyclic) bond motifs is 1. The molecular weight excluding hydrogens is 275 g/mol. The van der Waals surface area contributed by atoms with Gasteiger partial charge in [-0.3, -0.25) is 9.69 Å². The van der Waals surface area contributed by atoms with Gasteiger partial charge in [-0.2, -0.15) is 4.98 Å². The molecule has 3 heterocycles. The normalized spacial score (nSPS) is 17.2. The third kappa shape index (κ3) is 3.27. The smallest absolute Gasteiger partial charge is 0.243 e. The number of halogens is 1. The topological polar surface area (TPSA) is 88.5 Å². The van der Waals surface area contributed by atoms with Gasteiger partial charge in [-0.1, -0.05) is 0 Å². The van der Waals surface area contributed by atoms with Crippen molar-refractivity contribution >= 4 is 17.5 Å². The Balaban J connectivity index is 1.60. The summed E-state index contributed by atoms with van der Waals surface area (Å²) in [7, 11) is 0. The lowest BCUT2D eigenvalue weighted by molar-refractivity contribution is -0.119. The van der Waals surface area contributed by atoms with E-state index in [9.17, 15) is 9.18 Å². The van der Waals surface area contributed by atoms with E-state index in [2.05, 4.69) is 15.4 Å². The zero-order chi connectivity index (χ0) is 14.8. The van der Waals surface area contributed by atoms with Crippen LogP contribution in [0.1, 0.15) is 12.8 Å². The number of nitrogens with two attached hydrogens (primary N) is 1. The Kier molecular flexibility index (Phi) is 3.70. The number of nitrogens with zero attached hydrogens (tertiary/aromatic N) is 4. The van der Waals surface area contributed by atoms with Crippen LogP contribution >= 0.6 is 0 Å². The quantitative estimate of drug-likeness (QED) is 0.842. The fourth-order valence-electron chi connectivity index (χ4n) is 2.56. The molecule has 112 valence electrons. The first kappa shape index (κ1) is 13.7. The van der Waals surface area contributed by atoms with Crippen LogP contribution in [0, 0.1) is 5.82 Å². The van der Waals surface area contributed by atoms with E-state index < -0.39 is 0 Å². The van der Waals surface area contributed by atoms with Crippen molar-refractivity contribution in [2.75, 3.05) is 25.0 Å². The molecule has 1 fully saturated rings.